The van der Waals surface area contributed by atoms with Gasteiger partial charge in [0.05, 0.1) is 18.5 Å². The Morgan fingerprint density at radius 3 is 2.68 bits per heavy atom. The molecule has 2 aromatic heterocycles. The van der Waals surface area contributed by atoms with Crippen molar-refractivity contribution in [1.82, 2.24) is 19.7 Å². The van der Waals surface area contributed by atoms with Gasteiger partial charge in [-0.05, 0) is 19.4 Å². The van der Waals surface area contributed by atoms with Gasteiger partial charge in [0.25, 0.3) is 0 Å². The van der Waals surface area contributed by atoms with Crippen LogP contribution in [0, 0.1) is 0 Å². The molecule has 0 aliphatic carbocycles. The SMILES string of the molecule is CCc1cc(C(O)c2nccnc2OC)n(CC)n1. The van der Waals surface area contributed by atoms with Gasteiger partial charge in [0.15, 0.2) is 0 Å². The molecule has 1 N–H and O–H groups in total. The molecule has 0 aliphatic rings. The van der Waals surface area contributed by atoms with E-state index in [9.17, 15) is 5.11 Å². The molecular formula is C13H18N4O2. The molecule has 2 rings (SSSR count). The first-order valence-electron chi connectivity index (χ1n) is 6.30. The zero-order valence-electron chi connectivity index (χ0n) is 11.4. The first-order valence-corrected chi connectivity index (χ1v) is 6.30. The van der Waals surface area contributed by atoms with Crippen LogP contribution in [0.25, 0.3) is 0 Å². The highest BCUT2D eigenvalue weighted by atomic mass is 16.5. The van der Waals surface area contributed by atoms with Gasteiger partial charge < -0.3 is 9.84 Å². The van der Waals surface area contributed by atoms with Gasteiger partial charge in [-0.25, -0.2) is 4.98 Å². The summed E-state index contributed by atoms with van der Waals surface area (Å²) in [5, 5.41) is 14.9. The minimum atomic E-state index is -0.892. The fraction of sp³-hybridized carbons (Fsp3) is 0.462. The normalized spacial score (nSPS) is 12.4. The molecule has 6 nitrogen and oxygen atoms in total. The molecule has 0 aliphatic heterocycles. The summed E-state index contributed by atoms with van der Waals surface area (Å²) in [7, 11) is 1.51. The lowest BCUT2D eigenvalue weighted by Gasteiger charge is -2.13. The Bertz CT molecular complexity index is 553. The van der Waals surface area contributed by atoms with E-state index in [0.29, 0.717) is 23.8 Å². The third kappa shape index (κ3) is 2.58. The molecule has 0 bridgehead atoms. The smallest absolute Gasteiger partial charge is 0.238 e. The minimum absolute atomic E-state index is 0.330. The third-order valence-electron chi connectivity index (χ3n) is 2.95. The summed E-state index contributed by atoms with van der Waals surface area (Å²) in [5.74, 6) is 0.330. The van der Waals surface area contributed by atoms with Crippen LogP contribution in [-0.4, -0.2) is 32.0 Å². The van der Waals surface area contributed by atoms with Gasteiger partial charge in [-0.2, -0.15) is 5.10 Å². The predicted molar refractivity (Wildman–Crippen MR) is 69.9 cm³/mol. The van der Waals surface area contributed by atoms with Crippen LogP contribution in [0.4, 0.5) is 0 Å². The monoisotopic (exact) mass is 262 g/mol. The highest BCUT2D eigenvalue weighted by Gasteiger charge is 2.22. The maximum Gasteiger partial charge on any atom is 0.238 e. The van der Waals surface area contributed by atoms with E-state index in [1.807, 2.05) is 19.9 Å². The summed E-state index contributed by atoms with van der Waals surface area (Å²) in [5.41, 5.74) is 2.05. The molecule has 2 aromatic rings. The molecule has 6 heteroatoms. The molecule has 0 saturated heterocycles. The molecule has 0 radical (unpaired) electrons. The predicted octanol–water partition coefficient (Wildman–Crippen LogP) is 1.35. The number of aryl methyl sites for hydroxylation is 2. The zero-order valence-corrected chi connectivity index (χ0v) is 11.4. The number of aliphatic hydroxyl groups excluding tert-OH is 1. The van der Waals surface area contributed by atoms with Crippen molar-refractivity contribution in [3.05, 3.63) is 35.5 Å². The van der Waals surface area contributed by atoms with Gasteiger partial charge in [0, 0.05) is 18.9 Å². The lowest BCUT2D eigenvalue weighted by molar-refractivity contribution is 0.196. The minimum Gasteiger partial charge on any atom is -0.480 e. The van der Waals surface area contributed by atoms with Gasteiger partial charge in [0.1, 0.15) is 11.8 Å². The second-order valence-corrected chi connectivity index (χ2v) is 4.08. The molecule has 0 fully saturated rings. The largest absolute Gasteiger partial charge is 0.480 e. The Kier molecular flexibility index (Phi) is 4.11. The van der Waals surface area contributed by atoms with E-state index in [-0.39, 0.29) is 0 Å². The van der Waals surface area contributed by atoms with Crippen molar-refractivity contribution in [3.63, 3.8) is 0 Å². The zero-order chi connectivity index (χ0) is 13.8. The van der Waals surface area contributed by atoms with Gasteiger partial charge >= 0.3 is 0 Å². The molecule has 19 heavy (non-hydrogen) atoms. The van der Waals surface area contributed by atoms with Gasteiger partial charge in [-0.15, -0.1) is 0 Å². The van der Waals surface area contributed by atoms with Crippen LogP contribution in [0.3, 0.4) is 0 Å². The maximum absolute atomic E-state index is 10.5. The van der Waals surface area contributed by atoms with Gasteiger partial charge in [-0.1, -0.05) is 6.92 Å². The summed E-state index contributed by atoms with van der Waals surface area (Å²) in [4.78, 5) is 8.21. The number of rotatable bonds is 5. The quantitative estimate of drug-likeness (QED) is 0.880. The van der Waals surface area contributed by atoms with E-state index >= 15 is 0 Å². The topological polar surface area (TPSA) is 73.1 Å². The number of ether oxygens (including phenoxy) is 1. The molecule has 1 unspecified atom stereocenters. The van der Waals surface area contributed by atoms with E-state index in [1.54, 1.807) is 4.68 Å². The third-order valence-corrected chi connectivity index (χ3v) is 2.95. The Morgan fingerprint density at radius 2 is 2.05 bits per heavy atom. The van der Waals surface area contributed by atoms with Gasteiger partial charge in [0.2, 0.25) is 5.88 Å². The van der Waals surface area contributed by atoms with Gasteiger partial charge in [-0.3, -0.25) is 9.67 Å². The van der Waals surface area contributed by atoms with Crippen LogP contribution in [0.5, 0.6) is 5.88 Å². The van der Waals surface area contributed by atoms with E-state index in [1.165, 1.54) is 19.5 Å². The van der Waals surface area contributed by atoms with Crippen molar-refractivity contribution in [1.29, 1.82) is 0 Å². The lowest BCUT2D eigenvalue weighted by Crippen LogP contribution is -2.12. The molecule has 0 saturated carbocycles. The Balaban J connectivity index is 2.43. The van der Waals surface area contributed by atoms with E-state index in [2.05, 4.69) is 15.1 Å². The van der Waals surface area contributed by atoms with Crippen LogP contribution in [-0.2, 0) is 13.0 Å². The Labute approximate surface area is 112 Å². The first-order chi connectivity index (χ1) is 9.21. The van der Waals surface area contributed by atoms with E-state index in [0.717, 1.165) is 12.1 Å². The van der Waals surface area contributed by atoms with Crippen molar-refractivity contribution in [2.75, 3.05) is 7.11 Å². The number of methoxy groups -OCH3 is 1. The van der Waals surface area contributed by atoms with E-state index in [4.69, 9.17) is 4.74 Å². The second-order valence-electron chi connectivity index (χ2n) is 4.08. The summed E-state index contributed by atoms with van der Waals surface area (Å²) in [6.45, 7) is 4.70. The summed E-state index contributed by atoms with van der Waals surface area (Å²) in [6, 6.07) is 1.89. The first kappa shape index (κ1) is 13.5. The number of aromatic nitrogens is 4. The molecule has 2 heterocycles. The molecule has 102 valence electrons. The second kappa shape index (κ2) is 5.79. The Morgan fingerprint density at radius 1 is 1.32 bits per heavy atom. The molecule has 0 amide bonds. The van der Waals surface area contributed by atoms with Crippen molar-refractivity contribution >= 4 is 0 Å². The maximum atomic E-state index is 10.5. The van der Waals surface area contributed by atoms with Crippen LogP contribution in [0.1, 0.15) is 37.0 Å². The van der Waals surface area contributed by atoms with Crippen molar-refractivity contribution in [2.45, 2.75) is 32.9 Å². The highest BCUT2D eigenvalue weighted by Crippen LogP contribution is 2.26. The highest BCUT2D eigenvalue weighted by molar-refractivity contribution is 5.28. The number of nitrogens with zero attached hydrogens (tertiary/aromatic N) is 4. The average Bonchev–Trinajstić information content (AvgIpc) is 2.89. The standard InChI is InChI=1S/C13H18N4O2/c1-4-9-8-10(17(5-2)16-9)12(18)11-13(19-3)15-7-6-14-11/h6-8,12,18H,4-5H2,1-3H3. The van der Waals surface area contributed by atoms with Crippen molar-refractivity contribution in [3.8, 4) is 5.88 Å². The van der Waals surface area contributed by atoms with Crippen LogP contribution >= 0.6 is 0 Å². The molecule has 0 spiro atoms. The van der Waals surface area contributed by atoms with Crippen molar-refractivity contribution < 1.29 is 9.84 Å². The lowest BCUT2D eigenvalue weighted by atomic mass is 10.1. The van der Waals surface area contributed by atoms with E-state index < -0.39 is 6.10 Å². The summed E-state index contributed by atoms with van der Waals surface area (Å²) < 4.78 is 6.91. The number of hydrogen-bond donors (Lipinski definition) is 1. The number of aliphatic hydroxyl groups is 1. The average molecular weight is 262 g/mol. The Hall–Kier alpha value is -1.95. The fourth-order valence-corrected chi connectivity index (χ4v) is 1.95. The van der Waals surface area contributed by atoms with Crippen molar-refractivity contribution in [2.24, 2.45) is 0 Å². The summed E-state index contributed by atoms with van der Waals surface area (Å²) in [6.07, 6.45) is 3.00. The van der Waals surface area contributed by atoms with Crippen LogP contribution in [0.15, 0.2) is 18.5 Å². The van der Waals surface area contributed by atoms with Crippen LogP contribution in [0.2, 0.25) is 0 Å². The van der Waals surface area contributed by atoms with Crippen LogP contribution < -0.4 is 4.74 Å². The number of hydrogen-bond acceptors (Lipinski definition) is 5. The molecule has 1 atom stereocenters. The molecular weight excluding hydrogens is 244 g/mol. The fourth-order valence-electron chi connectivity index (χ4n) is 1.95. The molecule has 0 aromatic carbocycles. The summed E-state index contributed by atoms with van der Waals surface area (Å²) >= 11 is 0.